The van der Waals surface area contributed by atoms with Gasteiger partial charge in [0, 0.05) is 111 Å². The molecule has 4 heterocycles. The summed E-state index contributed by atoms with van der Waals surface area (Å²) in [5.41, 5.74) is 16.9. The largest absolute Gasteiger partial charge is 0.308 e. The molecule has 0 aliphatic carbocycles. The second-order valence-corrected chi connectivity index (χ2v) is 34.0. The van der Waals surface area contributed by atoms with Crippen molar-refractivity contribution < 1.29 is 0 Å². The van der Waals surface area contributed by atoms with Crippen LogP contribution in [-0.4, -0.2) is 39.0 Å². The van der Waals surface area contributed by atoms with Crippen molar-refractivity contribution in [1.82, 2.24) is 39.0 Å². The predicted molar refractivity (Wildman–Crippen MR) is 573 cm³/mol. The van der Waals surface area contributed by atoms with Crippen molar-refractivity contribution in [2.45, 2.75) is 0 Å². The highest BCUT2D eigenvalue weighted by molar-refractivity contribution is 6.16. The Balaban J connectivity index is 0.000000184. The third-order valence-corrected chi connectivity index (χ3v) is 25.3. The number of nitriles is 8. The third kappa shape index (κ3) is 17.3. The van der Waals surface area contributed by atoms with Gasteiger partial charge in [0.05, 0.1) is 169 Å². The standard InChI is InChI=1S/C67H28N14.C58H27N11/c1-73-51-25-47(26-52(32-51)74-2)55-31-48(67-79-65(42-12-8-6-9-13-42)78-66(80-67)43-14-10-7-11-15-43)30-54(46-21-39(34-68)20-40(22-46)35-69)64(55)81-60-18-16-44(62-49(37-71)23-41(36-70)24-58(62)76-4)28-56(60)57-29-45(17-19-61(57)81)63-50(38-72)27-53(75-3)33-59(63)77-5;1-62-44-24-41(25-45(30-44)63-2)49-29-42(58-67-56(37-13-7-5-8-14-37)66-57(68-58)38-15-9-6-10-16-38)28-48(40-22-35(32-59)21-36(23-40)33-60)55(49)69-52-18-12-11-17-47(52)50-27-39(19-20-53(50)69)54-43(34-61)26-46(64-3)31-51(54)65-4/h6-33H;5-31H. The van der Waals surface area contributed by atoms with E-state index in [0.717, 1.165) is 32.9 Å². The zero-order valence-corrected chi connectivity index (χ0v) is 77.9. The molecule has 0 bridgehead atoms. The minimum absolute atomic E-state index is 0.0694. The Morgan fingerprint density at radius 2 is 0.440 bits per heavy atom. The highest BCUT2D eigenvalue weighted by atomic mass is 15.1. The molecule has 0 unspecified atom stereocenters. The van der Waals surface area contributed by atoms with Gasteiger partial charge in [-0.05, 0) is 166 Å². The summed E-state index contributed by atoms with van der Waals surface area (Å²) in [7, 11) is 0. The molecule has 0 spiro atoms. The molecule has 21 aromatic rings. The van der Waals surface area contributed by atoms with Crippen LogP contribution in [0.4, 0.5) is 51.2 Å². The van der Waals surface area contributed by atoms with Gasteiger partial charge in [0.25, 0.3) is 0 Å². The second kappa shape index (κ2) is 39.9. The van der Waals surface area contributed by atoms with Crippen LogP contribution in [-0.2, 0) is 0 Å². The topological polar surface area (TPSA) is 317 Å². The van der Waals surface area contributed by atoms with Gasteiger partial charge in [0.15, 0.2) is 86.1 Å². The van der Waals surface area contributed by atoms with E-state index < -0.39 is 0 Å². The van der Waals surface area contributed by atoms with E-state index in [1.165, 1.54) is 60.7 Å². The quantitative estimate of drug-likeness (QED) is 0.0862. The fraction of sp³-hybridized carbons (Fsp3) is 0. The summed E-state index contributed by atoms with van der Waals surface area (Å²) >= 11 is 0. The van der Waals surface area contributed by atoms with Crippen molar-refractivity contribution in [2.75, 3.05) is 0 Å². The number of nitrogens with zero attached hydrogens (tertiary/aromatic N) is 25. The predicted octanol–water partition coefficient (Wildman–Crippen LogP) is 31.5. The first kappa shape index (κ1) is 93.3. The van der Waals surface area contributed by atoms with Crippen LogP contribution in [0, 0.1) is 150 Å². The number of fused-ring (bicyclic) bond motifs is 6. The summed E-state index contributed by atoms with van der Waals surface area (Å²) in [5.74, 6) is 2.17. The lowest BCUT2D eigenvalue weighted by molar-refractivity contribution is 1.07. The van der Waals surface area contributed by atoms with E-state index in [1.54, 1.807) is 60.7 Å². The molecule has 4 aromatic heterocycles. The summed E-state index contributed by atoms with van der Waals surface area (Å²) < 4.78 is 4.05. The highest BCUT2D eigenvalue weighted by Crippen LogP contribution is 2.53. The lowest BCUT2D eigenvalue weighted by Gasteiger charge is -2.22. The Morgan fingerprint density at radius 1 is 0.187 bits per heavy atom. The van der Waals surface area contributed by atoms with Crippen LogP contribution in [0.1, 0.15) is 44.5 Å². The molecular formula is C125H55N25. The van der Waals surface area contributed by atoms with Gasteiger partial charge in [-0.3, -0.25) is 0 Å². The monoisotopic (exact) mass is 1910 g/mol. The molecule has 150 heavy (non-hydrogen) atoms. The van der Waals surface area contributed by atoms with Crippen LogP contribution in [0.3, 0.4) is 0 Å². The average molecular weight is 1910 g/mol. The molecular weight excluding hydrogens is 1850 g/mol. The zero-order chi connectivity index (χ0) is 104. The molecule has 25 heteroatoms. The molecule has 17 aromatic carbocycles. The minimum atomic E-state index is 0.0694. The lowest BCUT2D eigenvalue weighted by Crippen LogP contribution is -2.04. The van der Waals surface area contributed by atoms with E-state index in [2.05, 4.69) is 90.7 Å². The summed E-state index contributed by atoms with van der Waals surface area (Å²) in [6, 6.07) is 116. The second-order valence-electron chi connectivity index (χ2n) is 34.0. The number of para-hydroxylation sites is 1. The van der Waals surface area contributed by atoms with E-state index in [4.69, 9.17) is 89.1 Å². The number of aromatic nitrogens is 8. The van der Waals surface area contributed by atoms with Crippen molar-refractivity contribution >= 4 is 94.8 Å². The average Bonchev–Trinajstić information content (AvgIpc) is 1.56. The molecule has 0 saturated carbocycles. The van der Waals surface area contributed by atoms with Crippen molar-refractivity contribution in [3.63, 3.8) is 0 Å². The first-order valence-corrected chi connectivity index (χ1v) is 45.5. The SMILES string of the molecule is [C-]#[N+]c1cc([N+]#[C-])cc(-c2cc(-c3nc(-c4ccccc4)nc(-c4ccccc4)n3)cc(-c3cc(C#N)cc(C#N)c3)c2-n2c3ccc(-c4c(C#N)cc(C#N)cc4[N+]#[C-])cc3c3cc(-c4c(C#N)cc([N+]#[C-])cc4[N+]#[C-])ccc32)c1.[C-]#[N+]c1cc([N+]#[C-])cc(-c2cc(-c3nc(-c4ccccc4)nc(-c4ccccc4)n3)cc(-c3cc(C#N)cc(C#N)c3)c2-n2c3ccccc3c3cc(-c4c(C#N)cc([N+]#[C-])cc4[N+]#[C-])ccc32)c1. The fourth-order valence-corrected chi connectivity index (χ4v) is 18.8. The first-order valence-electron chi connectivity index (χ1n) is 45.5. The summed E-state index contributed by atoms with van der Waals surface area (Å²) in [6.45, 7) is 72.2. The highest BCUT2D eigenvalue weighted by Gasteiger charge is 2.31. The molecule has 0 saturated heterocycles. The fourth-order valence-electron chi connectivity index (χ4n) is 18.8. The van der Waals surface area contributed by atoms with Crippen LogP contribution in [0.2, 0.25) is 0 Å². The summed E-state index contributed by atoms with van der Waals surface area (Å²) in [4.78, 5) is 63.6. The van der Waals surface area contributed by atoms with Crippen LogP contribution in [0.5, 0.6) is 0 Å². The van der Waals surface area contributed by atoms with Gasteiger partial charge < -0.3 is 9.13 Å². The molecule has 25 nitrogen and oxygen atoms in total. The molecule has 21 rings (SSSR count). The number of hydrogen-bond acceptors (Lipinski definition) is 14. The van der Waals surface area contributed by atoms with Gasteiger partial charge in [-0.25, -0.2) is 73.5 Å². The normalized spacial score (nSPS) is 10.4. The minimum Gasteiger partial charge on any atom is -0.308 e. The van der Waals surface area contributed by atoms with E-state index in [1.807, 2.05) is 223 Å². The molecule has 0 atom stereocenters. The van der Waals surface area contributed by atoms with Crippen molar-refractivity contribution in [2.24, 2.45) is 0 Å². The van der Waals surface area contributed by atoms with Gasteiger partial charge in [0.1, 0.15) is 0 Å². The first-order chi connectivity index (χ1) is 73.5. The van der Waals surface area contributed by atoms with Gasteiger partial charge in [0.2, 0.25) is 0 Å². The van der Waals surface area contributed by atoms with Gasteiger partial charge >= 0.3 is 0 Å². The van der Waals surface area contributed by atoms with E-state index in [9.17, 15) is 42.1 Å². The molecule has 0 radical (unpaired) electrons. The lowest BCUT2D eigenvalue weighted by atomic mass is 9.90. The van der Waals surface area contributed by atoms with Crippen LogP contribution in [0.25, 0.3) is 245 Å². The maximum atomic E-state index is 10.5. The van der Waals surface area contributed by atoms with Crippen LogP contribution >= 0.6 is 0 Å². The Morgan fingerprint density at radius 3 is 0.733 bits per heavy atom. The van der Waals surface area contributed by atoms with E-state index >= 15 is 0 Å². The van der Waals surface area contributed by atoms with Crippen molar-refractivity contribution in [1.29, 1.82) is 42.1 Å². The maximum absolute atomic E-state index is 10.5. The molecule has 680 valence electrons. The van der Waals surface area contributed by atoms with E-state index in [-0.39, 0.29) is 107 Å². The maximum Gasteiger partial charge on any atom is 0.197 e. The van der Waals surface area contributed by atoms with Crippen molar-refractivity contribution in [3.8, 4) is 206 Å². The van der Waals surface area contributed by atoms with Crippen LogP contribution in [0.15, 0.2) is 334 Å². The zero-order valence-electron chi connectivity index (χ0n) is 77.9. The number of rotatable bonds is 15. The smallest absolute Gasteiger partial charge is 0.197 e. The van der Waals surface area contributed by atoms with Crippen LogP contribution < -0.4 is 0 Å². The molecule has 0 N–H and O–H groups in total. The Kier molecular flexibility index (Phi) is 24.8. The van der Waals surface area contributed by atoms with Gasteiger partial charge in [-0.2, -0.15) is 42.1 Å². The summed E-state index contributed by atoms with van der Waals surface area (Å²) in [6.07, 6.45) is 0. The number of benzene rings is 17. The van der Waals surface area contributed by atoms with Gasteiger partial charge in [-0.1, -0.05) is 206 Å². The molecule has 0 aliphatic heterocycles. The molecule has 0 amide bonds. The third-order valence-electron chi connectivity index (χ3n) is 25.3. The molecule has 0 fully saturated rings. The molecule has 0 aliphatic rings. The van der Waals surface area contributed by atoms with Gasteiger partial charge in [-0.15, -0.1) is 0 Å². The van der Waals surface area contributed by atoms with E-state index in [0.29, 0.717) is 157 Å². The Labute approximate surface area is 857 Å². The Bertz CT molecular complexity index is 9570. The summed E-state index contributed by atoms with van der Waals surface area (Å²) in [5, 5.41) is 85.6. The number of hydrogen-bond donors (Lipinski definition) is 0. The Hall–Kier alpha value is -24.3. The van der Waals surface area contributed by atoms with Crippen molar-refractivity contribution in [3.05, 3.63) is 481 Å².